The van der Waals surface area contributed by atoms with Crippen molar-refractivity contribution in [3.05, 3.63) is 22.4 Å². The van der Waals surface area contributed by atoms with Crippen molar-refractivity contribution >= 4 is 11.3 Å². The lowest BCUT2D eigenvalue weighted by atomic mass is 10.2. The highest BCUT2D eigenvalue weighted by Gasteiger charge is 2.08. The summed E-state index contributed by atoms with van der Waals surface area (Å²) in [6.07, 6.45) is 1.17. The lowest BCUT2D eigenvalue weighted by Gasteiger charge is -2.25. The van der Waals surface area contributed by atoms with Crippen LogP contribution < -0.4 is 5.32 Å². The van der Waals surface area contributed by atoms with Crippen molar-refractivity contribution < 1.29 is 0 Å². The summed E-state index contributed by atoms with van der Waals surface area (Å²) in [4.78, 5) is 3.92. The van der Waals surface area contributed by atoms with E-state index in [1.54, 1.807) is 0 Å². The third-order valence-corrected chi connectivity index (χ3v) is 3.97. The average Bonchev–Trinajstić information content (AvgIpc) is 2.78. The molecule has 1 N–H and O–H groups in total. The number of nitrogens with one attached hydrogen (secondary N) is 1. The van der Waals surface area contributed by atoms with Gasteiger partial charge in [0, 0.05) is 24.0 Å². The molecule has 1 aromatic heterocycles. The fourth-order valence-electron chi connectivity index (χ4n) is 1.70. The Hall–Kier alpha value is -0.380. The van der Waals surface area contributed by atoms with Crippen LogP contribution in [0.4, 0.5) is 0 Å². The first kappa shape index (κ1) is 14.7. The van der Waals surface area contributed by atoms with E-state index in [0.717, 1.165) is 25.6 Å². The predicted molar refractivity (Wildman–Crippen MR) is 77.8 cm³/mol. The number of hydrogen-bond acceptors (Lipinski definition) is 3. The highest BCUT2D eigenvalue weighted by Crippen LogP contribution is 2.10. The molecule has 0 aliphatic heterocycles. The van der Waals surface area contributed by atoms with Crippen molar-refractivity contribution in [1.29, 1.82) is 0 Å². The lowest BCUT2D eigenvalue weighted by Crippen LogP contribution is -2.39. The van der Waals surface area contributed by atoms with E-state index >= 15 is 0 Å². The smallest absolute Gasteiger partial charge is 0.0189 e. The summed E-state index contributed by atoms with van der Waals surface area (Å²) >= 11 is 1.86. The van der Waals surface area contributed by atoms with Gasteiger partial charge in [-0.25, -0.2) is 0 Å². The molecule has 1 aromatic rings. The second-order valence-electron chi connectivity index (χ2n) is 5.21. The summed E-state index contributed by atoms with van der Waals surface area (Å²) < 4.78 is 0. The van der Waals surface area contributed by atoms with Gasteiger partial charge >= 0.3 is 0 Å². The first-order valence-electron chi connectivity index (χ1n) is 6.53. The van der Waals surface area contributed by atoms with Crippen LogP contribution in [0.2, 0.25) is 0 Å². The molecule has 1 rings (SSSR count). The van der Waals surface area contributed by atoms with Gasteiger partial charge in [0.05, 0.1) is 0 Å². The van der Waals surface area contributed by atoms with E-state index in [1.807, 2.05) is 11.3 Å². The Kier molecular flexibility index (Phi) is 6.78. The molecule has 2 nitrogen and oxygen atoms in total. The van der Waals surface area contributed by atoms with Crippen LogP contribution in [0.5, 0.6) is 0 Å². The molecule has 0 aliphatic carbocycles. The average molecular weight is 254 g/mol. The molecule has 0 saturated carbocycles. The minimum Gasteiger partial charge on any atom is -0.315 e. The second-order valence-corrected chi connectivity index (χ2v) is 6.24. The van der Waals surface area contributed by atoms with Crippen molar-refractivity contribution in [1.82, 2.24) is 10.2 Å². The molecule has 98 valence electrons. The van der Waals surface area contributed by atoms with E-state index in [2.05, 4.69) is 55.5 Å². The van der Waals surface area contributed by atoms with Crippen molar-refractivity contribution in [3.63, 3.8) is 0 Å². The van der Waals surface area contributed by atoms with Gasteiger partial charge in [-0.15, -0.1) is 11.3 Å². The van der Waals surface area contributed by atoms with Gasteiger partial charge in [-0.05, 0) is 44.3 Å². The van der Waals surface area contributed by atoms with E-state index in [-0.39, 0.29) is 0 Å². The zero-order chi connectivity index (χ0) is 12.7. The SMILES string of the molecule is CC(C)CNCC(C)N(C)CCc1cccs1. The molecule has 0 saturated heterocycles. The van der Waals surface area contributed by atoms with E-state index in [4.69, 9.17) is 0 Å². The minimum atomic E-state index is 0.605. The van der Waals surface area contributed by atoms with Crippen LogP contribution in [-0.4, -0.2) is 37.6 Å². The van der Waals surface area contributed by atoms with E-state index < -0.39 is 0 Å². The molecule has 0 fully saturated rings. The molecular weight excluding hydrogens is 228 g/mol. The molecule has 1 atom stereocenters. The quantitative estimate of drug-likeness (QED) is 0.767. The lowest BCUT2D eigenvalue weighted by molar-refractivity contribution is 0.252. The van der Waals surface area contributed by atoms with Crippen LogP contribution in [0.3, 0.4) is 0 Å². The zero-order valence-corrected chi connectivity index (χ0v) is 12.4. The van der Waals surface area contributed by atoms with Gasteiger partial charge in [0.25, 0.3) is 0 Å². The highest BCUT2D eigenvalue weighted by molar-refractivity contribution is 7.09. The normalized spacial score (nSPS) is 13.5. The second kappa shape index (κ2) is 7.85. The molecule has 0 aliphatic rings. The summed E-state index contributed by atoms with van der Waals surface area (Å²) in [5, 5.41) is 5.68. The maximum atomic E-state index is 3.52. The van der Waals surface area contributed by atoms with E-state index in [0.29, 0.717) is 6.04 Å². The third kappa shape index (κ3) is 6.20. The number of rotatable bonds is 8. The fraction of sp³-hybridized carbons (Fsp3) is 0.714. The van der Waals surface area contributed by atoms with Crippen LogP contribution in [0.1, 0.15) is 25.6 Å². The van der Waals surface area contributed by atoms with Crippen molar-refractivity contribution in [2.24, 2.45) is 5.92 Å². The third-order valence-electron chi connectivity index (χ3n) is 3.04. The molecule has 1 heterocycles. The minimum absolute atomic E-state index is 0.605. The molecule has 3 heteroatoms. The summed E-state index contributed by atoms with van der Waals surface area (Å²) in [5.41, 5.74) is 0. The van der Waals surface area contributed by atoms with E-state index in [1.165, 1.54) is 11.3 Å². The summed E-state index contributed by atoms with van der Waals surface area (Å²) in [6, 6.07) is 4.96. The summed E-state index contributed by atoms with van der Waals surface area (Å²) in [5.74, 6) is 0.735. The Morgan fingerprint density at radius 1 is 1.29 bits per heavy atom. The molecule has 0 amide bonds. The van der Waals surface area contributed by atoms with Gasteiger partial charge in [0.1, 0.15) is 0 Å². The highest BCUT2D eigenvalue weighted by atomic mass is 32.1. The maximum Gasteiger partial charge on any atom is 0.0189 e. The van der Waals surface area contributed by atoms with Crippen LogP contribution in [0.15, 0.2) is 17.5 Å². The van der Waals surface area contributed by atoms with Gasteiger partial charge in [-0.2, -0.15) is 0 Å². The Bertz CT molecular complexity index is 282. The predicted octanol–water partition coefficient (Wildman–Crippen LogP) is 2.86. The Morgan fingerprint density at radius 2 is 2.06 bits per heavy atom. The van der Waals surface area contributed by atoms with Crippen molar-refractivity contribution in [2.45, 2.75) is 33.2 Å². The van der Waals surface area contributed by atoms with Crippen LogP contribution in [-0.2, 0) is 6.42 Å². The monoisotopic (exact) mass is 254 g/mol. The molecule has 17 heavy (non-hydrogen) atoms. The number of likely N-dealkylation sites (N-methyl/N-ethyl adjacent to an activating group) is 1. The van der Waals surface area contributed by atoms with Gasteiger partial charge < -0.3 is 10.2 Å². The number of thiophene rings is 1. The van der Waals surface area contributed by atoms with Crippen LogP contribution in [0.25, 0.3) is 0 Å². The first-order chi connectivity index (χ1) is 8.09. The summed E-state index contributed by atoms with van der Waals surface area (Å²) in [6.45, 7) is 10.1. The largest absolute Gasteiger partial charge is 0.315 e. The van der Waals surface area contributed by atoms with Gasteiger partial charge in [-0.3, -0.25) is 0 Å². The van der Waals surface area contributed by atoms with Crippen LogP contribution in [0, 0.1) is 5.92 Å². The van der Waals surface area contributed by atoms with Crippen molar-refractivity contribution in [3.8, 4) is 0 Å². The molecule has 0 aromatic carbocycles. The topological polar surface area (TPSA) is 15.3 Å². The Morgan fingerprint density at radius 3 is 2.65 bits per heavy atom. The zero-order valence-electron chi connectivity index (χ0n) is 11.6. The maximum absolute atomic E-state index is 3.52. The van der Waals surface area contributed by atoms with E-state index in [9.17, 15) is 0 Å². The Labute approximate surface area is 110 Å². The standard InChI is InChI=1S/C14H26N2S/c1-12(2)10-15-11-13(3)16(4)8-7-14-6-5-9-17-14/h5-6,9,12-13,15H,7-8,10-11H2,1-4H3. The van der Waals surface area contributed by atoms with Gasteiger partial charge in [-0.1, -0.05) is 19.9 Å². The van der Waals surface area contributed by atoms with Crippen molar-refractivity contribution in [2.75, 3.05) is 26.7 Å². The molecule has 0 bridgehead atoms. The fourth-order valence-corrected chi connectivity index (χ4v) is 2.40. The number of hydrogen-bond donors (Lipinski definition) is 1. The van der Waals surface area contributed by atoms with Gasteiger partial charge in [0.15, 0.2) is 0 Å². The van der Waals surface area contributed by atoms with Crippen LogP contribution >= 0.6 is 11.3 Å². The summed E-state index contributed by atoms with van der Waals surface area (Å²) in [7, 11) is 2.22. The molecular formula is C14H26N2S. The Balaban J connectivity index is 2.15. The first-order valence-corrected chi connectivity index (χ1v) is 7.41. The molecule has 0 radical (unpaired) electrons. The molecule has 1 unspecified atom stereocenters. The molecule has 0 spiro atoms. The van der Waals surface area contributed by atoms with Gasteiger partial charge in [0.2, 0.25) is 0 Å². The number of nitrogens with zero attached hydrogens (tertiary/aromatic N) is 1.